The first-order valence-electron chi connectivity index (χ1n) is 6.58. The number of nitrogens with one attached hydrogen (secondary N) is 2. The van der Waals surface area contributed by atoms with Crippen molar-refractivity contribution in [3.8, 4) is 0 Å². The van der Waals surface area contributed by atoms with Crippen LogP contribution in [0.5, 0.6) is 0 Å². The number of nitrogens with zero attached hydrogens (tertiary/aromatic N) is 3. The molecule has 0 saturated carbocycles. The lowest BCUT2D eigenvalue weighted by Gasteiger charge is -2.26. The molecule has 0 bridgehead atoms. The van der Waals surface area contributed by atoms with Gasteiger partial charge in [0.25, 0.3) is 0 Å². The number of rotatable bonds is 3. The van der Waals surface area contributed by atoms with E-state index >= 15 is 0 Å². The smallest absolute Gasteiger partial charge is 0.323 e. The SMILES string of the molecule is CN1Cc2c(NCc3ccc(N)cc3)ncnc2NC1=O.Cl. The number of nitrogens with two attached hydrogens (primary N) is 1. The van der Waals surface area contributed by atoms with Gasteiger partial charge in [-0.1, -0.05) is 12.1 Å². The number of amides is 2. The van der Waals surface area contributed by atoms with E-state index < -0.39 is 0 Å². The number of nitrogen functional groups attached to an aromatic ring is 1. The molecule has 0 atom stereocenters. The molecule has 0 spiro atoms. The van der Waals surface area contributed by atoms with E-state index in [-0.39, 0.29) is 18.4 Å². The van der Waals surface area contributed by atoms with E-state index in [1.807, 2.05) is 24.3 Å². The van der Waals surface area contributed by atoms with Crippen LogP contribution in [0, 0.1) is 0 Å². The molecule has 0 radical (unpaired) electrons. The van der Waals surface area contributed by atoms with Crippen LogP contribution in [0.1, 0.15) is 11.1 Å². The minimum Gasteiger partial charge on any atom is -0.399 e. The molecule has 22 heavy (non-hydrogen) atoms. The molecule has 2 heterocycles. The summed E-state index contributed by atoms with van der Waals surface area (Å²) in [4.78, 5) is 21.5. The second kappa shape index (κ2) is 6.48. The summed E-state index contributed by atoms with van der Waals surface area (Å²) in [6.07, 6.45) is 1.44. The van der Waals surface area contributed by atoms with Gasteiger partial charge in [0.2, 0.25) is 0 Å². The molecule has 4 N–H and O–H groups in total. The Labute approximate surface area is 134 Å². The molecule has 1 aromatic carbocycles. The van der Waals surface area contributed by atoms with Gasteiger partial charge in [-0.3, -0.25) is 5.32 Å². The minimum absolute atomic E-state index is 0. The molecule has 1 aliphatic rings. The molecule has 2 aromatic rings. The molecule has 7 nitrogen and oxygen atoms in total. The number of anilines is 3. The summed E-state index contributed by atoms with van der Waals surface area (Å²) in [5.41, 5.74) is 8.39. The van der Waals surface area contributed by atoms with Gasteiger partial charge in [0.05, 0.1) is 12.1 Å². The van der Waals surface area contributed by atoms with Crippen molar-refractivity contribution in [2.75, 3.05) is 23.4 Å². The average molecular weight is 321 g/mol. The van der Waals surface area contributed by atoms with Crippen LogP contribution in [-0.2, 0) is 13.1 Å². The second-order valence-electron chi connectivity index (χ2n) is 4.93. The predicted octanol–water partition coefficient (Wildman–Crippen LogP) is 2.07. The number of hydrogen-bond donors (Lipinski definition) is 3. The van der Waals surface area contributed by atoms with Gasteiger partial charge in [-0.05, 0) is 17.7 Å². The standard InChI is InChI=1S/C14H16N6O.ClH/c1-20-7-11-12(17-8-18-13(11)19-14(20)21)16-6-9-2-4-10(15)5-3-9;/h2-5,8H,6-7,15H2,1H3,(H2,16,17,18,19,21);1H. The lowest BCUT2D eigenvalue weighted by atomic mass is 10.2. The van der Waals surface area contributed by atoms with Gasteiger partial charge in [-0.15, -0.1) is 12.4 Å². The number of halogens is 1. The van der Waals surface area contributed by atoms with E-state index in [0.29, 0.717) is 18.9 Å². The van der Waals surface area contributed by atoms with E-state index in [1.54, 1.807) is 11.9 Å². The molecule has 116 valence electrons. The van der Waals surface area contributed by atoms with Crippen LogP contribution in [0.25, 0.3) is 0 Å². The lowest BCUT2D eigenvalue weighted by Crippen LogP contribution is -2.36. The fourth-order valence-corrected chi connectivity index (χ4v) is 2.15. The molecular weight excluding hydrogens is 304 g/mol. The lowest BCUT2D eigenvalue weighted by molar-refractivity contribution is 0.218. The van der Waals surface area contributed by atoms with Gasteiger partial charge < -0.3 is 16.0 Å². The molecule has 0 fully saturated rings. The first kappa shape index (κ1) is 15.8. The predicted molar refractivity (Wildman–Crippen MR) is 87.9 cm³/mol. The first-order chi connectivity index (χ1) is 10.1. The number of benzene rings is 1. The third-order valence-electron chi connectivity index (χ3n) is 3.35. The summed E-state index contributed by atoms with van der Waals surface area (Å²) in [7, 11) is 1.73. The van der Waals surface area contributed by atoms with Crippen molar-refractivity contribution in [2.45, 2.75) is 13.1 Å². The first-order valence-corrected chi connectivity index (χ1v) is 6.58. The number of carbonyl (C=O) groups is 1. The van der Waals surface area contributed by atoms with Crippen molar-refractivity contribution in [3.63, 3.8) is 0 Å². The van der Waals surface area contributed by atoms with Crippen LogP contribution < -0.4 is 16.4 Å². The average Bonchev–Trinajstić information content (AvgIpc) is 2.48. The maximum atomic E-state index is 11.6. The Morgan fingerprint density at radius 1 is 1.32 bits per heavy atom. The molecular formula is C14H17ClN6O. The largest absolute Gasteiger partial charge is 0.399 e. The molecule has 0 saturated heterocycles. The van der Waals surface area contributed by atoms with Crippen LogP contribution >= 0.6 is 12.4 Å². The van der Waals surface area contributed by atoms with Gasteiger partial charge in [0, 0.05) is 19.3 Å². The zero-order valence-electron chi connectivity index (χ0n) is 12.0. The zero-order valence-corrected chi connectivity index (χ0v) is 12.9. The van der Waals surface area contributed by atoms with Crippen molar-refractivity contribution >= 4 is 35.8 Å². The van der Waals surface area contributed by atoms with Crippen molar-refractivity contribution in [3.05, 3.63) is 41.7 Å². The van der Waals surface area contributed by atoms with Crippen LogP contribution in [0.4, 0.5) is 22.1 Å². The second-order valence-corrected chi connectivity index (χ2v) is 4.93. The molecule has 8 heteroatoms. The van der Waals surface area contributed by atoms with E-state index in [4.69, 9.17) is 5.73 Å². The molecule has 0 unspecified atom stereocenters. The van der Waals surface area contributed by atoms with E-state index in [0.717, 1.165) is 22.6 Å². The molecule has 1 aliphatic heterocycles. The zero-order chi connectivity index (χ0) is 14.8. The van der Waals surface area contributed by atoms with Crippen molar-refractivity contribution in [1.82, 2.24) is 14.9 Å². The molecule has 0 aliphatic carbocycles. The van der Waals surface area contributed by atoms with E-state index in [2.05, 4.69) is 20.6 Å². The Kier molecular flexibility index (Phi) is 4.67. The van der Waals surface area contributed by atoms with Crippen molar-refractivity contribution in [1.29, 1.82) is 0 Å². The monoisotopic (exact) mass is 320 g/mol. The number of carbonyl (C=O) groups excluding carboxylic acids is 1. The van der Waals surface area contributed by atoms with Gasteiger partial charge >= 0.3 is 6.03 Å². The summed E-state index contributed by atoms with van der Waals surface area (Å²) in [5, 5.41) is 6.01. The Morgan fingerprint density at radius 2 is 2.05 bits per heavy atom. The van der Waals surface area contributed by atoms with Crippen molar-refractivity contribution in [2.24, 2.45) is 0 Å². The molecule has 3 rings (SSSR count). The van der Waals surface area contributed by atoms with E-state index in [1.165, 1.54) is 6.33 Å². The summed E-state index contributed by atoms with van der Waals surface area (Å²) < 4.78 is 0. The minimum atomic E-state index is -0.161. The topological polar surface area (TPSA) is 96.2 Å². The number of urea groups is 1. The molecule has 1 aromatic heterocycles. The van der Waals surface area contributed by atoms with Crippen molar-refractivity contribution < 1.29 is 4.79 Å². The third-order valence-corrected chi connectivity index (χ3v) is 3.35. The van der Waals surface area contributed by atoms with Gasteiger partial charge in [-0.25, -0.2) is 14.8 Å². The Morgan fingerprint density at radius 3 is 2.77 bits per heavy atom. The Bertz CT molecular complexity index is 676. The Hall–Kier alpha value is -2.54. The Balaban J connectivity index is 0.00000176. The highest BCUT2D eigenvalue weighted by molar-refractivity contribution is 5.91. The highest BCUT2D eigenvalue weighted by Crippen LogP contribution is 2.25. The quantitative estimate of drug-likeness (QED) is 0.752. The summed E-state index contributed by atoms with van der Waals surface area (Å²) in [5.74, 6) is 1.29. The fourth-order valence-electron chi connectivity index (χ4n) is 2.15. The van der Waals surface area contributed by atoms with Gasteiger partial charge in [-0.2, -0.15) is 0 Å². The van der Waals surface area contributed by atoms with Crippen LogP contribution in [-0.4, -0.2) is 27.9 Å². The van der Waals surface area contributed by atoms with Gasteiger partial charge in [0.1, 0.15) is 18.0 Å². The van der Waals surface area contributed by atoms with Crippen LogP contribution in [0.15, 0.2) is 30.6 Å². The highest BCUT2D eigenvalue weighted by Gasteiger charge is 2.23. The summed E-state index contributed by atoms with van der Waals surface area (Å²) in [6, 6.07) is 7.49. The normalized spacial score (nSPS) is 13.0. The third kappa shape index (κ3) is 3.20. The fraction of sp³-hybridized carbons (Fsp3) is 0.214. The van der Waals surface area contributed by atoms with Gasteiger partial charge in [0.15, 0.2) is 0 Å². The summed E-state index contributed by atoms with van der Waals surface area (Å²) in [6.45, 7) is 1.10. The van der Waals surface area contributed by atoms with Crippen LogP contribution in [0.2, 0.25) is 0 Å². The number of fused-ring (bicyclic) bond motifs is 1. The summed E-state index contributed by atoms with van der Waals surface area (Å²) >= 11 is 0. The number of aromatic nitrogens is 2. The number of hydrogen-bond acceptors (Lipinski definition) is 5. The van der Waals surface area contributed by atoms with E-state index in [9.17, 15) is 4.79 Å². The maximum Gasteiger partial charge on any atom is 0.323 e. The van der Waals surface area contributed by atoms with Crippen LogP contribution in [0.3, 0.4) is 0 Å². The highest BCUT2D eigenvalue weighted by atomic mass is 35.5. The maximum absolute atomic E-state index is 11.6. The molecule has 2 amide bonds.